The maximum atomic E-state index is 11.4. The lowest BCUT2D eigenvalue weighted by atomic mass is 10.2. The molecule has 98 valence electrons. The predicted molar refractivity (Wildman–Crippen MR) is 62.8 cm³/mol. The van der Waals surface area contributed by atoms with Crippen molar-refractivity contribution in [1.29, 1.82) is 0 Å². The average Bonchev–Trinajstić information content (AvgIpc) is 2.73. The van der Waals surface area contributed by atoms with Crippen LogP contribution in [-0.4, -0.2) is 38.6 Å². The Kier molecular flexibility index (Phi) is 4.85. The molecule has 0 unspecified atom stereocenters. The summed E-state index contributed by atoms with van der Waals surface area (Å²) in [6.07, 6.45) is 7.35. The predicted octanol–water partition coefficient (Wildman–Crippen LogP) is -1.57. The molecule has 0 aromatic carbocycles. The Morgan fingerprint density at radius 2 is 2.17 bits per heavy atom. The van der Waals surface area contributed by atoms with E-state index < -0.39 is 29.7 Å². The van der Waals surface area contributed by atoms with Crippen LogP contribution in [0.3, 0.4) is 0 Å². The number of ether oxygens (including phenoxy) is 1. The fourth-order valence-corrected chi connectivity index (χ4v) is 1.70. The number of terminal acetylenes is 1. The smallest absolute Gasteiger partial charge is 0.330 e. The molecule has 1 aromatic heterocycles. The first-order chi connectivity index (χ1) is 8.61. The Hall–Kier alpha value is -1.88. The molecule has 2 heterocycles. The molecule has 7 heteroatoms. The van der Waals surface area contributed by atoms with Gasteiger partial charge in [0.25, 0.3) is 5.56 Å². The molecule has 1 saturated heterocycles. The molecule has 0 radical (unpaired) electrons. The largest absolute Gasteiger partial charge is 0.394 e. The normalized spacial score (nSPS) is 26.3. The van der Waals surface area contributed by atoms with Gasteiger partial charge < -0.3 is 14.9 Å². The van der Waals surface area contributed by atoms with Gasteiger partial charge in [-0.05, 0) is 0 Å². The second-order valence-corrected chi connectivity index (χ2v) is 3.63. The number of aromatic amines is 1. The van der Waals surface area contributed by atoms with Crippen LogP contribution in [0.25, 0.3) is 0 Å². The highest BCUT2D eigenvalue weighted by Crippen LogP contribution is 2.26. The van der Waals surface area contributed by atoms with E-state index in [1.54, 1.807) is 0 Å². The molecule has 2 rings (SSSR count). The van der Waals surface area contributed by atoms with Crippen molar-refractivity contribution in [1.82, 2.24) is 9.55 Å². The van der Waals surface area contributed by atoms with Crippen molar-refractivity contribution in [2.45, 2.75) is 24.9 Å². The minimum absolute atomic E-state index is 0.206. The van der Waals surface area contributed by atoms with Crippen molar-refractivity contribution in [3.05, 3.63) is 33.1 Å². The van der Waals surface area contributed by atoms with Crippen LogP contribution < -0.4 is 11.2 Å². The van der Waals surface area contributed by atoms with Crippen LogP contribution in [0.1, 0.15) is 12.6 Å². The summed E-state index contributed by atoms with van der Waals surface area (Å²) >= 11 is 0. The van der Waals surface area contributed by atoms with E-state index in [9.17, 15) is 14.7 Å². The Morgan fingerprint density at radius 1 is 1.50 bits per heavy atom. The molecular weight excluding hydrogens is 240 g/mol. The zero-order valence-electron chi connectivity index (χ0n) is 9.52. The van der Waals surface area contributed by atoms with Gasteiger partial charge in [0.2, 0.25) is 0 Å². The molecule has 1 aliphatic heterocycles. The lowest BCUT2D eigenvalue weighted by molar-refractivity contribution is -0.0459. The van der Waals surface area contributed by atoms with Gasteiger partial charge in [0.15, 0.2) is 0 Å². The van der Waals surface area contributed by atoms with Gasteiger partial charge in [-0.15, -0.1) is 12.8 Å². The molecular formula is C11H14N2O5. The molecule has 1 fully saturated rings. The van der Waals surface area contributed by atoms with Crippen LogP contribution in [0.2, 0.25) is 0 Å². The number of aliphatic hydroxyl groups is 2. The summed E-state index contributed by atoms with van der Waals surface area (Å²) in [5.41, 5.74) is -1.08. The third-order valence-corrected chi connectivity index (χ3v) is 2.55. The first-order valence-corrected chi connectivity index (χ1v) is 5.21. The lowest BCUT2D eigenvalue weighted by Crippen LogP contribution is -2.31. The molecule has 7 nitrogen and oxygen atoms in total. The highest BCUT2D eigenvalue weighted by Gasteiger charge is 2.34. The molecule has 0 spiro atoms. The number of aromatic nitrogens is 2. The molecule has 3 atom stereocenters. The number of H-pyrrole nitrogens is 1. The standard InChI is InChI=1S/C9H12N2O5.C2H2/c12-4-6-5(13)3-8(16-6)11-2-1-7(14)10-9(11)15;1-2/h1-2,5-6,8,12-13H,3-4H2,(H,10,14,15);1-2H/t5-,6+,8+;/m0./s1. The van der Waals surface area contributed by atoms with E-state index in [2.05, 4.69) is 17.8 Å². The number of aliphatic hydroxyl groups excluding tert-OH is 2. The fourth-order valence-electron chi connectivity index (χ4n) is 1.70. The summed E-state index contributed by atoms with van der Waals surface area (Å²) in [5.74, 6) is 0. The van der Waals surface area contributed by atoms with E-state index in [4.69, 9.17) is 9.84 Å². The van der Waals surface area contributed by atoms with Crippen LogP contribution in [0.4, 0.5) is 0 Å². The van der Waals surface area contributed by atoms with E-state index in [-0.39, 0.29) is 13.0 Å². The molecule has 0 bridgehead atoms. The van der Waals surface area contributed by atoms with Gasteiger partial charge in [-0.25, -0.2) is 4.79 Å². The average molecular weight is 254 g/mol. The third kappa shape index (κ3) is 2.87. The topological polar surface area (TPSA) is 105 Å². The van der Waals surface area contributed by atoms with Crippen molar-refractivity contribution in [2.75, 3.05) is 6.61 Å². The second kappa shape index (κ2) is 6.16. The van der Waals surface area contributed by atoms with E-state index in [1.807, 2.05) is 0 Å². The third-order valence-electron chi connectivity index (χ3n) is 2.55. The van der Waals surface area contributed by atoms with E-state index in [1.165, 1.54) is 16.8 Å². The van der Waals surface area contributed by atoms with Gasteiger partial charge in [-0.2, -0.15) is 0 Å². The lowest BCUT2D eigenvalue weighted by Gasteiger charge is -2.13. The number of hydrogen-bond acceptors (Lipinski definition) is 5. The van der Waals surface area contributed by atoms with E-state index in [0.29, 0.717) is 0 Å². The Labute approximate surface area is 103 Å². The second-order valence-electron chi connectivity index (χ2n) is 3.63. The summed E-state index contributed by atoms with van der Waals surface area (Å²) in [6, 6.07) is 1.20. The SMILES string of the molecule is C#C.O=c1ccn([C@H]2C[C@H](O)[C@@H](CO)O2)c(=O)[nH]1. The van der Waals surface area contributed by atoms with Gasteiger partial charge >= 0.3 is 5.69 Å². The molecule has 0 amide bonds. The summed E-state index contributed by atoms with van der Waals surface area (Å²) < 4.78 is 6.45. The molecule has 1 aliphatic rings. The van der Waals surface area contributed by atoms with Crippen LogP contribution in [-0.2, 0) is 4.74 Å². The minimum Gasteiger partial charge on any atom is -0.394 e. The summed E-state index contributed by atoms with van der Waals surface area (Å²) in [5, 5.41) is 18.4. The molecule has 0 saturated carbocycles. The van der Waals surface area contributed by atoms with Crippen molar-refractivity contribution < 1.29 is 14.9 Å². The maximum Gasteiger partial charge on any atom is 0.330 e. The first kappa shape index (κ1) is 14.2. The number of nitrogens with one attached hydrogen (secondary N) is 1. The summed E-state index contributed by atoms with van der Waals surface area (Å²) in [4.78, 5) is 24.3. The first-order valence-electron chi connectivity index (χ1n) is 5.21. The zero-order chi connectivity index (χ0) is 13.7. The highest BCUT2D eigenvalue weighted by molar-refractivity contribution is 4.88. The molecule has 1 aromatic rings. The van der Waals surface area contributed by atoms with Crippen LogP contribution in [0, 0.1) is 12.8 Å². The van der Waals surface area contributed by atoms with Crippen LogP contribution in [0.15, 0.2) is 21.9 Å². The fraction of sp³-hybridized carbons (Fsp3) is 0.455. The summed E-state index contributed by atoms with van der Waals surface area (Å²) in [6.45, 7) is -0.310. The minimum atomic E-state index is -0.811. The Morgan fingerprint density at radius 3 is 2.67 bits per heavy atom. The number of hydrogen-bond donors (Lipinski definition) is 3. The van der Waals surface area contributed by atoms with Crippen molar-refractivity contribution in [2.24, 2.45) is 0 Å². The van der Waals surface area contributed by atoms with Crippen LogP contribution in [0.5, 0.6) is 0 Å². The highest BCUT2D eigenvalue weighted by atomic mass is 16.5. The monoisotopic (exact) mass is 254 g/mol. The Balaban J connectivity index is 0.000000771. The number of nitrogens with zero attached hydrogens (tertiary/aromatic N) is 1. The maximum absolute atomic E-state index is 11.4. The van der Waals surface area contributed by atoms with Gasteiger partial charge in [0.1, 0.15) is 12.3 Å². The van der Waals surface area contributed by atoms with Gasteiger partial charge in [-0.1, -0.05) is 0 Å². The van der Waals surface area contributed by atoms with Gasteiger partial charge in [-0.3, -0.25) is 14.3 Å². The Bertz CT molecular complexity index is 518. The molecule has 18 heavy (non-hydrogen) atoms. The molecule has 0 aliphatic carbocycles. The van der Waals surface area contributed by atoms with E-state index in [0.717, 1.165) is 0 Å². The van der Waals surface area contributed by atoms with Gasteiger partial charge in [0.05, 0.1) is 12.7 Å². The van der Waals surface area contributed by atoms with Crippen molar-refractivity contribution in [3.63, 3.8) is 0 Å². The van der Waals surface area contributed by atoms with E-state index >= 15 is 0 Å². The van der Waals surface area contributed by atoms with Crippen molar-refractivity contribution >= 4 is 0 Å². The van der Waals surface area contributed by atoms with Crippen LogP contribution >= 0.6 is 0 Å². The zero-order valence-corrected chi connectivity index (χ0v) is 9.52. The van der Waals surface area contributed by atoms with Crippen molar-refractivity contribution in [3.8, 4) is 12.8 Å². The summed E-state index contributed by atoms with van der Waals surface area (Å²) in [7, 11) is 0. The molecule has 3 N–H and O–H groups in total. The number of rotatable bonds is 2. The van der Waals surface area contributed by atoms with Gasteiger partial charge in [0, 0.05) is 18.7 Å². The quantitative estimate of drug-likeness (QED) is 0.553.